The van der Waals surface area contributed by atoms with Gasteiger partial charge in [0.2, 0.25) is 0 Å². The lowest BCUT2D eigenvalue weighted by atomic mass is 10.1. The molecule has 0 spiro atoms. The summed E-state index contributed by atoms with van der Waals surface area (Å²) in [5.74, 6) is -2.00. The predicted octanol–water partition coefficient (Wildman–Crippen LogP) is 2.89. The molecule has 0 saturated heterocycles. The highest BCUT2D eigenvalue weighted by Crippen LogP contribution is 2.22. The molecular weight excluding hydrogens is 205 g/mol. The molecule has 1 aromatic carbocycles. The van der Waals surface area contributed by atoms with Crippen molar-refractivity contribution in [2.45, 2.75) is 19.4 Å². The first kappa shape index (κ1) is 11.4. The summed E-state index contributed by atoms with van der Waals surface area (Å²) in [6.07, 6.45) is 5.12. The lowest BCUT2D eigenvalue weighted by Crippen LogP contribution is -2.25. The van der Waals surface area contributed by atoms with Crippen molar-refractivity contribution in [1.82, 2.24) is 0 Å². The van der Waals surface area contributed by atoms with Gasteiger partial charge in [0.25, 0.3) is 0 Å². The summed E-state index contributed by atoms with van der Waals surface area (Å²) >= 11 is 0. The average Bonchev–Trinajstić information content (AvgIpc) is 2.13. The Morgan fingerprint density at radius 2 is 1.67 bits per heavy atom. The number of hydrogen-bond donors (Lipinski definition) is 0. The molecule has 0 unspecified atom stereocenters. The van der Waals surface area contributed by atoms with E-state index >= 15 is 0 Å². The lowest BCUT2D eigenvalue weighted by Gasteiger charge is -2.20. The summed E-state index contributed by atoms with van der Waals surface area (Å²) in [7, 11) is 0. The molecule has 1 nitrogen and oxygen atoms in total. The van der Waals surface area contributed by atoms with Crippen LogP contribution in [-0.2, 0) is 0 Å². The maximum atomic E-state index is 12.8. The van der Waals surface area contributed by atoms with Gasteiger partial charge in [0.05, 0.1) is 0 Å². The van der Waals surface area contributed by atoms with Crippen molar-refractivity contribution in [3.8, 4) is 18.1 Å². The molecule has 80 valence electrons. The standard InChI is InChI=1S/C11H9F3O/c1-4-11(2,3)15-7-5-8(12)10(14)9(13)6-7/h1,5-6H,2-3H3. The molecule has 0 atom stereocenters. The molecule has 0 radical (unpaired) electrons. The summed E-state index contributed by atoms with van der Waals surface area (Å²) in [5, 5.41) is 0. The smallest absolute Gasteiger partial charge is 0.194 e. The van der Waals surface area contributed by atoms with E-state index in [0.717, 1.165) is 12.1 Å². The summed E-state index contributed by atoms with van der Waals surface area (Å²) < 4.78 is 43.2. The minimum Gasteiger partial charge on any atom is -0.475 e. The van der Waals surface area contributed by atoms with Gasteiger partial charge >= 0.3 is 0 Å². The Morgan fingerprint density at radius 1 is 1.20 bits per heavy atom. The van der Waals surface area contributed by atoms with Crippen molar-refractivity contribution in [1.29, 1.82) is 0 Å². The van der Waals surface area contributed by atoms with Crippen molar-refractivity contribution < 1.29 is 17.9 Å². The van der Waals surface area contributed by atoms with Gasteiger partial charge in [-0.2, -0.15) is 0 Å². The van der Waals surface area contributed by atoms with E-state index < -0.39 is 23.1 Å². The van der Waals surface area contributed by atoms with Crippen LogP contribution in [0.3, 0.4) is 0 Å². The van der Waals surface area contributed by atoms with Gasteiger partial charge < -0.3 is 4.74 Å². The van der Waals surface area contributed by atoms with Crippen LogP contribution in [0, 0.1) is 29.8 Å². The van der Waals surface area contributed by atoms with E-state index in [1.165, 1.54) is 0 Å². The van der Waals surface area contributed by atoms with E-state index in [-0.39, 0.29) is 5.75 Å². The third-order valence-corrected chi connectivity index (χ3v) is 1.68. The Labute approximate surface area is 85.9 Å². The second-order valence-electron chi connectivity index (χ2n) is 3.46. The Bertz CT molecular complexity index is 395. The van der Waals surface area contributed by atoms with Crippen LogP contribution in [-0.4, -0.2) is 5.60 Å². The van der Waals surface area contributed by atoms with Gasteiger partial charge in [-0.25, -0.2) is 13.2 Å². The molecule has 0 amide bonds. The first-order valence-corrected chi connectivity index (χ1v) is 4.17. The van der Waals surface area contributed by atoms with E-state index in [1.807, 2.05) is 0 Å². The van der Waals surface area contributed by atoms with Crippen LogP contribution < -0.4 is 4.74 Å². The van der Waals surface area contributed by atoms with Gasteiger partial charge in [-0.1, -0.05) is 5.92 Å². The van der Waals surface area contributed by atoms with Crippen molar-refractivity contribution in [2.24, 2.45) is 0 Å². The highest BCUT2D eigenvalue weighted by atomic mass is 19.2. The molecular formula is C11H9F3O. The number of hydrogen-bond acceptors (Lipinski definition) is 1. The quantitative estimate of drug-likeness (QED) is 0.543. The molecule has 0 saturated carbocycles. The summed E-state index contributed by atoms with van der Waals surface area (Å²) in [6.45, 7) is 3.10. The highest BCUT2D eigenvalue weighted by molar-refractivity contribution is 5.27. The fourth-order valence-corrected chi connectivity index (χ4v) is 0.915. The van der Waals surface area contributed by atoms with Crippen molar-refractivity contribution in [3.63, 3.8) is 0 Å². The molecule has 0 aliphatic carbocycles. The maximum Gasteiger partial charge on any atom is 0.194 e. The second kappa shape index (κ2) is 3.85. The fraction of sp³-hybridized carbons (Fsp3) is 0.273. The molecule has 1 rings (SSSR count). The number of rotatable bonds is 2. The molecule has 0 aromatic heterocycles. The molecule has 0 N–H and O–H groups in total. The Kier molecular flexibility index (Phi) is 2.94. The van der Waals surface area contributed by atoms with E-state index in [1.54, 1.807) is 13.8 Å². The number of halogens is 3. The zero-order chi connectivity index (χ0) is 11.6. The van der Waals surface area contributed by atoms with Gasteiger partial charge in [-0.05, 0) is 13.8 Å². The van der Waals surface area contributed by atoms with Gasteiger partial charge in [0.1, 0.15) is 5.75 Å². The summed E-state index contributed by atoms with van der Waals surface area (Å²) in [4.78, 5) is 0. The molecule has 0 fully saturated rings. The zero-order valence-electron chi connectivity index (χ0n) is 8.27. The van der Waals surface area contributed by atoms with E-state index in [2.05, 4.69) is 5.92 Å². The van der Waals surface area contributed by atoms with E-state index in [4.69, 9.17) is 11.2 Å². The van der Waals surface area contributed by atoms with Crippen molar-refractivity contribution in [3.05, 3.63) is 29.6 Å². The van der Waals surface area contributed by atoms with Gasteiger partial charge in [0, 0.05) is 12.1 Å². The normalized spacial score (nSPS) is 10.9. The van der Waals surface area contributed by atoms with Crippen LogP contribution in [0.2, 0.25) is 0 Å². The highest BCUT2D eigenvalue weighted by Gasteiger charge is 2.18. The minimum atomic E-state index is -1.53. The second-order valence-corrected chi connectivity index (χ2v) is 3.46. The monoisotopic (exact) mass is 214 g/mol. The average molecular weight is 214 g/mol. The number of terminal acetylenes is 1. The Balaban J connectivity index is 3.04. The van der Waals surface area contributed by atoms with Crippen LogP contribution in [0.4, 0.5) is 13.2 Å². The molecule has 0 aliphatic rings. The Morgan fingerprint density at radius 3 is 2.07 bits per heavy atom. The van der Waals surface area contributed by atoms with E-state index in [0.29, 0.717) is 0 Å². The molecule has 0 aliphatic heterocycles. The molecule has 1 aromatic rings. The van der Waals surface area contributed by atoms with Crippen LogP contribution in [0.15, 0.2) is 12.1 Å². The van der Waals surface area contributed by atoms with Crippen LogP contribution in [0.5, 0.6) is 5.75 Å². The topological polar surface area (TPSA) is 9.23 Å². The number of ether oxygens (including phenoxy) is 1. The zero-order valence-corrected chi connectivity index (χ0v) is 8.27. The third-order valence-electron chi connectivity index (χ3n) is 1.68. The van der Waals surface area contributed by atoms with Crippen molar-refractivity contribution in [2.75, 3.05) is 0 Å². The maximum absolute atomic E-state index is 12.8. The third kappa shape index (κ3) is 2.66. The molecule has 0 heterocycles. The number of benzene rings is 1. The van der Waals surface area contributed by atoms with Crippen LogP contribution in [0.1, 0.15) is 13.8 Å². The minimum absolute atomic E-state index is 0.144. The van der Waals surface area contributed by atoms with Crippen LogP contribution >= 0.6 is 0 Å². The van der Waals surface area contributed by atoms with Gasteiger partial charge in [-0.3, -0.25) is 0 Å². The molecule has 0 bridgehead atoms. The SMILES string of the molecule is C#CC(C)(C)Oc1cc(F)c(F)c(F)c1. The summed E-state index contributed by atoms with van der Waals surface area (Å²) in [6, 6.07) is 1.50. The first-order valence-electron chi connectivity index (χ1n) is 4.17. The lowest BCUT2D eigenvalue weighted by molar-refractivity contribution is 0.170. The largest absolute Gasteiger partial charge is 0.475 e. The molecule has 4 heteroatoms. The van der Waals surface area contributed by atoms with Gasteiger partial charge in [0.15, 0.2) is 23.1 Å². The first-order chi connectivity index (χ1) is 6.85. The van der Waals surface area contributed by atoms with Crippen LogP contribution in [0.25, 0.3) is 0 Å². The fourth-order valence-electron chi connectivity index (χ4n) is 0.915. The van der Waals surface area contributed by atoms with E-state index in [9.17, 15) is 13.2 Å². The van der Waals surface area contributed by atoms with Gasteiger partial charge in [-0.15, -0.1) is 6.42 Å². The molecule has 15 heavy (non-hydrogen) atoms. The Hall–Kier alpha value is -1.63. The summed E-state index contributed by atoms with van der Waals surface area (Å²) in [5.41, 5.74) is -1.00. The predicted molar refractivity (Wildman–Crippen MR) is 49.9 cm³/mol. The van der Waals surface area contributed by atoms with Crippen molar-refractivity contribution >= 4 is 0 Å².